The summed E-state index contributed by atoms with van der Waals surface area (Å²) in [5.74, 6) is 0.525. The highest BCUT2D eigenvalue weighted by atomic mass is 32.1. The Morgan fingerprint density at radius 3 is 3.07 bits per heavy atom. The maximum absolute atomic E-state index is 10.6. The van der Waals surface area contributed by atoms with Gasteiger partial charge in [0, 0.05) is 6.54 Å². The summed E-state index contributed by atoms with van der Waals surface area (Å²) in [5.41, 5.74) is 0. The van der Waals surface area contributed by atoms with Crippen LogP contribution in [0.1, 0.15) is 23.0 Å². The van der Waals surface area contributed by atoms with Gasteiger partial charge in [0.15, 0.2) is 6.29 Å². The van der Waals surface area contributed by atoms with Crippen molar-refractivity contribution >= 4 is 22.6 Å². The van der Waals surface area contributed by atoms with Crippen molar-refractivity contribution < 1.29 is 9.90 Å². The summed E-state index contributed by atoms with van der Waals surface area (Å²) in [6.07, 6.45) is 1.99. The lowest BCUT2D eigenvalue weighted by molar-refractivity contribution is 0.112. The van der Waals surface area contributed by atoms with Crippen LogP contribution in [0.3, 0.4) is 0 Å². The largest absolute Gasteiger partial charge is 0.394 e. The molecule has 0 saturated carbocycles. The molecular formula is C11H15NO2S. The fourth-order valence-corrected chi connectivity index (χ4v) is 3.03. The van der Waals surface area contributed by atoms with E-state index >= 15 is 0 Å². The molecule has 1 aromatic rings. The third kappa shape index (κ3) is 1.92. The first-order chi connectivity index (χ1) is 7.26. The highest BCUT2D eigenvalue weighted by Crippen LogP contribution is 2.33. The van der Waals surface area contributed by atoms with Crippen molar-refractivity contribution in [1.29, 1.82) is 0 Å². The number of carbonyl (C=O) groups is 1. The summed E-state index contributed by atoms with van der Waals surface area (Å²) in [7, 11) is 0. The van der Waals surface area contributed by atoms with Gasteiger partial charge in [-0.25, -0.2) is 0 Å². The Kier molecular flexibility index (Phi) is 3.07. The van der Waals surface area contributed by atoms with Crippen molar-refractivity contribution in [1.82, 2.24) is 0 Å². The molecule has 2 rings (SSSR count). The number of hydrogen-bond acceptors (Lipinski definition) is 4. The molecule has 0 bridgehead atoms. The molecular weight excluding hydrogens is 210 g/mol. The van der Waals surface area contributed by atoms with Crippen molar-refractivity contribution in [2.75, 3.05) is 18.1 Å². The van der Waals surface area contributed by atoms with Crippen LogP contribution in [-0.2, 0) is 0 Å². The molecule has 0 aliphatic carbocycles. The molecule has 2 atom stereocenters. The third-order valence-corrected chi connectivity index (χ3v) is 4.13. The maximum atomic E-state index is 10.6. The van der Waals surface area contributed by atoms with Crippen LogP contribution in [0.2, 0.25) is 0 Å². The molecule has 2 unspecified atom stereocenters. The Bertz CT molecular complexity index is 350. The number of aliphatic hydroxyl groups excluding tert-OH is 1. The predicted octanol–water partition coefficient (Wildman–Crippen LogP) is 1.77. The van der Waals surface area contributed by atoms with E-state index in [0.717, 1.165) is 29.1 Å². The van der Waals surface area contributed by atoms with Crippen molar-refractivity contribution in [2.24, 2.45) is 5.92 Å². The smallest absolute Gasteiger partial charge is 0.160 e. The molecule has 4 heteroatoms. The van der Waals surface area contributed by atoms with Gasteiger partial charge in [0.05, 0.1) is 22.5 Å². The summed E-state index contributed by atoms with van der Waals surface area (Å²) in [5, 5.41) is 10.4. The Morgan fingerprint density at radius 2 is 2.47 bits per heavy atom. The van der Waals surface area contributed by atoms with Crippen LogP contribution < -0.4 is 4.90 Å². The van der Waals surface area contributed by atoms with E-state index < -0.39 is 0 Å². The van der Waals surface area contributed by atoms with E-state index in [0.29, 0.717) is 5.92 Å². The van der Waals surface area contributed by atoms with E-state index in [4.69, 9.17) is 0 Å². The fourth-order valence-electron chi connectivity index (χ4n) is 2.12. The van der Waals surface area contributed by atoms with Gasteiger partial charge in [0.25, 0.3) is 0 Å². The molecule has 82 valence electrons. The number of carbonyl (C=O) groups excluding carboxylic acids is 1. The first-order valence-electron chi connectivity index (χ1n) is 5.18. The molecule has 1 N–H and O–H groups in total. The van der Waals surface area contributed by atoms with Gasteiger partial charge in [0.1, 0.15) is 0 Å². The molecule has 0 spiro atoms. The van der Waals surface area contributed by atoms with Crippen LogP contribution in [0.15, 0.2) is 12.1 Å². The summed E-state index contributed by atoms with van der Waals surface area (Å²) < 4.78 is 0. The van der Waals surface area contributed by atoms with Crippen LogP contribution in [0.25, 0.3) is 0 Å². The van der Waals surface area contributed by atoms with Gasteiger partial charge in [-0.05, 0) is 24.5 Å². The number of thiophene rings is 1. The van der Waals surface area contributed by atoms with E-state index in [-0.39, 0.29) is 12.6 Å². The van der Waals surface area contributed by atoms with Gasteiger partial charge in [-0.2, -0.15) is 0 Å². The second-order valence-electron chi connectivity index (χ2n) is 4.00. The lowest BCUT2D eigenvalue weighted by Gasteiger charge is -2.25. The van der Waals surface area contributed by atoms with Crippen molar-refractivity contribution in [2.45, 2.75) is 19.4 Å². The van der Waals surface area contributed by atoms with Gasteiger partial charge in [-0.3, -0.25) is 4.79 Å². The molecule has 3 nitrogen and oxygen atoms in total. The van der Waals surface area contributed by atoms with E-state index in [9.17, 15) is 9.90 Å². The molecule has 15 heavy (non-hydrogen) atoms. The summed E-state index contributed by atoms with van der Waals surface area (Å²) in [6.45, 7) is 3.33. The Hall–Kier alpha value is -0.870. The standard InChI is InChI=1S/C11H15NO2S/c1-8-4-5-12(10(8)7-14)11-3-2-9(6-13)15-11/h2-3,6,8,10,14H,4-5,7H2,1H3. The van der Waals surface area contributed by atoms with E-state index in [1.54, 1.807) is 0 Å². The molecule has 2 heterocycles. The van der Waals surface area contributed by atoms with Crippen LogP contribution in [-0.4, -0.2) is 30.6 Å². The van der Waals surface area contributed by atoms with Crippen molar-refractivity contribution in [3.05, 3.63) is 17.0 Å². The molecule has 1 aliphatic heterocycles. The normalized spacial score (nSPS) is 25.9. The molecule has 0 aromatic carbocycles. The molecule has 1 saturated heterocycles. The lowest BCUT2D eigenvalue weighted by atomic mass is 10.0. The van der Waals surface area contributed by atoms with Gasteiger partial charge in [0.2, 0.25) is 0 Å². The van der Waals surface area contributed by atoms with Gasteiger partial charge >= 0.3 is 0 Å². The summed E-state index contributed by atoms with van der Waals surface area (Å²) in [6, 6.07) is 4.02. The molecule has 0 amide bonds. The minimum absolute atomic E-state index is 0.190. The number of nitrogens with zero attached hydrogens (tertiary/aromatic N) is 1. The average Bonchev–Trinajstić information content (AvgIpc) is 2.83. The lowest BCUT2D eigenvalue weighted by Crippen LogP contribution is -2.34. The van der Waals surface area contributed by atoms with Gasteiger partial charge < -0.3 is 10.0 Å². The Morgan fingerprint density at radius 1 is 1.67 bits per heavy atom. The topological polar surface area (TPSA) is 40.5 Å². The minimum atomic E-state index is 0.190. The number of aldehydes is 1. The molecule has 1 aliphatic rings. The third-order valence-electron chi connectivity index (χ3n) is 3.08. The second-order valence-corrected chi connectivity index (χ2v) is 5.10. The number of aliphatic hydroxyl groups is 1. The number of hydrogen-bond donors (Lipinski definition) is 1. The average molecular weight is 225 g/mol. The first-order valence-corrected chi connectivity index (χ1v) is 6.00. The van der Waals surface area contributed by atoms with E-state index in [1.165, 1.54) is 11.3 Å². The van der Waals surface area contributed by atoms with Crippen LogP contribution in [0.4, 0.5) is 5.00 Å². The SMILES string of the molecule is CC1CCN(c2ccc(C=O)s2)C1CO. The zero-order valence-corrected chi connectivity index (χ0v) is 9.54. The quantitative estimate of drug-likeness (QED) is 0.797. The zero-order valence-electron chi connectivity index (χ0n) is 8.72. The maximum Gasteiger partial charge on any atom is 0.160 e. The minimum Gasteiger partial charge on any atom is -0.394 e. The number of anilines is 1. The monoisotopic (exact) mass is 225 g/mol. The summed E-state index contributed by atoms with van der Waals surface area (Å²) in [4.78, 5) is 13.6. The summed E-state index contributed by atoms with van der Waals surface area (Å²) >= 11 is 1.50. The zero-order chi connectivity index (χ0) is 10.8. The van der Waals surface area contributed by atoms with Crippen LogP contribution in [0.5, 0.6) is 0 Å². The first kappa shape index (κ1) is 10.6. The van der Waals surface area contributed by atoms with Crippen molar-refractivity contribution in [3.63, 3.8) is 0 Å². The molecule has 0 radical (unpaired) electrons. The fraction of sp³-hybridized carbons (Fsp3) is 0.545. The number of rotatable bonds is 3. The van der Waals surface area contributed by atoms with E-state index in [1.807, 2.05) is 12.1 Å². The highest BCUT2D eigenvalue weighted by molar-refractivity contribution is 7.17. The van der Waals surface area contributed by atoms with Crippen LogP contribution in [0, 0.1) is 5.92 Å². The molecule has 1 fully saturated rings. The van der Waals surface area contributed by atoms with Gasteiger partial charge in [-0.15, -0.1) is 11.3 Å². The second kappa shape index (κ2) is 4.33. The molecule has 1 aromatic heterocycles. The predicted molar refractivity (Wildman–Crippen MR) is 61.7 cm³/mol. The highest BCUT2D eigenvalue weighted by Gasteiger charge is 2.31. The van der Waals surface area contributed by atoms with Gasteiger partial charge in [-0.1, -0.05) is 6.92 Å². The Balaban J connectivity index is 2.19. The Labute approximate surface area is 93.3 Å². The van der Waals surface area contributed by atoms with Crippen LogP contribution >= 0.6 is 11.3 Å². The van der Waals surface area contributed by atoms with E-state index in [2.05, 4.69) is 11.8 Å². The van der Waals surface area contributed by atoms with Crippen molar-refractivity contribution in [3.8, 4) is 0 Å².